The van der Waals surface area contributed by atoms with Crippen LogP contribution in [0.5, 0.6) is 0 Å². The van der Waals surface area contributed by atoms with E-state index in [1.807, 2.05) is 55.5 Å². The molecule has 6 heteroatoms. The zero-order chi connectivity index (χ0) is 24.0. The van der Waals surface area contributed by atoms with Gasteiger partial charge in [0.05, 0.1) is 11.3 Å². The van der Waals surface area contributed by atoms with E-state index in [1.165, 1.54) is 4.88 Å². The summed E-state index contributed by atoms with van der Waals surface area (Å²) in [6.45, 7) is 8.84. The molecule has 34 heavy (non-hydrogen) atoms. The van der Waals surface area contributed by atoms with Gasteiger partial charge in [-0.25, -0.2) is 4.99 Å². The summed E-state index contributed by atoms with van der Waals surface area (Å²) in [5, 5.41) is 6.56. The fourth-order valence-electron chi connectivity index (χ4n) is 4.82. The Balaban J connectivity index is 1.60. The highest BCUT2D eigenvalue weighted by Gasteiger charge is 2.35. The molecule has 0 fully saturated rings. The molecule has 1 atom stereocenters. The Labute approximate surface area is 204 Å². The molecular weight excluding hydrogens is 442 g/mol. The van der Waals surface area contributed by atoms with Gasteiger partial charge in [0.15, 0.2) is 0 Å². The maximum absolute atomic E-state index is 13.5. The van der Waals surface area contributed by atoms with Crippen molar-refractivity contribution in [3.05, 3.63) is 75.7 Å². The molecule has 0 radical (unpaired) electrons. The molecule has 2 amide bonds. The van der Waals surface area contributed by atoms with Crippen molar-refractivity contribution in [2.24, 2.45) is 16.3 Å². The number of nitrogens with one attached hydrogen (secondary N) is 2. The molecule has 5 rings (SSSR count). The minimum atomic E-state index is -0.228. The van der Waals surface area contributed by atoms with Gasteiger partial charge >= 0.3 is 0 Å². The quantitative estimate of drug-likeness (QED) is 0.456. The van der Waals surface area contributed by atoms with E-state index in [0.717, 1.165) is 47.3 Å². The van der Waals surface area contributed by atoms with Gasteiger partial charge in [0.2, 0.25) is 0 Å². The van der Waals surface area contributed by atoms with Crippen LogP contribution in [0.2, 0.25) is 0 Å². The first-order valence-corrected chi connectivity index (χ1v) is 12.5. The molecule has 1 aromatic heterocycles. The SMILES string of the molecule is Cc1ccc2c(c1)C(=Nc1sc3c(c1C(=O)Nc1ccccc1)CC[C@@H](C(C)(C)C)C3)C(=O)N2. The summed E-state index contributed by atoms with van der Waals surface area (Å²) >= 11 is 1.56. The molecular formula is C28H29N3O2S. The fraction of sp³-hybridized carbons (Fsp3) is 0.321. The Morgan fingerprint density at radius 1 is 1.15 bits per heavy atom. The number of aryl methyl sites for hydroxylation is 1. The van der Waals surface area contributed by atoms with Gasteiger partial charge in [0, 0.05) is 16.1 Å². The maximum atomic E-state index is 13.5. The van der Waals surface area contributed by atoms with Crippen molar-refractivity contribution in [3.8, 4) is 0 Å². The van der Waals surface area contributed by atoms with E-state index in [4.69, 9.17) is 4.99 Å². The second kappa shape index (κ2) is 8.51. The van der Waals surface area contributed by atoms with Crippen LogP contribution in [-0.4, -0.2) is 17.5 Å². The predicted octanol–water partition coefficient (Wildman–Crippen LogP) is 6.53. The second-order valence-electron chi connectivity index (χ2n) is 10.3. The molecule has 0 saturated carbocycles. The van der Waals surface area contributed by atoms with E-state index in [-0.39, 0.29) is 17.2 Å². The first-order valence-electron chi connectivity index (χ1n) is 11.7. The summed E-state index contributed by atoms with van der Waals surface area (Å²) in [4.78, 5) is 32.4. The summed E-state index contributed by atoms with van der Waals surface area (Å²) in [6, 6.07) is 15.3. The average molecular weight is 472 g/mol. The number of hydrogen-bond donors (Lipinski definition) is 2. The van der Waals surface area contributed by atoms with E-state index < -0.39 is 0 Å². The van der Waals surface area contributed by atoms with Crippen molar-refractivity contribution in [2.45, 2.75) is 47.0 Å². The number of amides is 2. The van der Waals surface area contributed by atoms with Gasteiger partial charge in [0.25, 0.3) is 11.8 Å². The lowest BCUT2D eigenvalue weighted by Gasteiger charge is -2.33. The highest BCUT2D eigenvalue weighted by atomic mass is 32.1. The van der Waals surface area contributed by atoms with Gasteiger partial charge < -0.3 is 10.6 Å². The zero-order valence-corrected chi connectivity index (χ0v) is 20.8. The van der Waals surface area contributed by atoms with Crippen LogP contribution < -0.4 is 10.6 Å². The largest absolute Gasteiger partial charge is 0.322 e. The Kier molecular flexibility index (Phi) is 5.64. The number of aliphatic imine (C=N–C) groups is 1. The molecule has 5 nitrogen and oxygen atoms in total. The van der Waals surface area contributed by atoms with Gasteiger partial charge in [-0.2, -0.15) is 0 Å². The van der Waals surface area contributed by atoms with Crippen LogP contribution in [0.4, 0.5) is 16.4 Å². The molecule has 2 aromatic carbocycles. The first-order chi connectivity index (χ1) is 16.2. The molecule has 2 aliphatic rings. The highest BCUT2D eigenvalue weighted by molar-refractivity contribution is 7.16. The van der Waals surface area contributed by atoms with E-state index in [1.54, 1.807) is 11.3 Å². The summed E-state index contributed by atoms with van der Waals surface area (Å²) in [5.41, 5.74) is 5.62. The predicted molar refractivity (Wildman–Crippen MR) is 140 cm³/mol. The third-order valence-corrected chi connectivity index (χ3v) is 7.99. The molecule has 1 aliphatic heterocycles. The lowest BCUT2D eigenvalue weighted by atomic mass is 9.72. The van der Waals surface area contributed by atoms with Crippen LogP contribution >= 0.6 is 11.3 Å². The highest BCUT2D eigenvalue weighted by Crippen LogP contribution is 2.46. The third kappa shape index (κ3) is 4.18. The van der Waals surface area contributed by atoms with Crippen molar-refractivity contribution < 1.29 is 9.59 Å². The summed E-state index contributed by atoms with van der Waals surface area (Å²) in [5.74, 6) is 0.149. The number of thiophene rings is 1. The van der Waals surface area contributed by atoms with Crippen LogP contribution in [-0.2, 0) is 17.6 Å². The van der Waals surface area contributed by atoms with Crippen LogP contribution in [0.3, 0.4) is 0 Å². The smallest absolute Gasteiger partial charge is 0.275 e. The lowest BCUT2D eigenvalue weighted by Crippen LogP contribution is -2.27. The molecule has 174 valence electrons. The van der Waals surface area contributed by atoms with Gasteiger partial charge in [-0.1, -0.05) is 50.6 Å². The van der Waals surface area contributed by atoms with Crippen molar-refractivity contribution in [1.29, 1.82) is 0 Å². The average Bonchev–Trinajstić information content (AvgIpc) is 3.30. The number of fused-ring (bicyclic) bond motifs is 2. The number of hydrogen-bond acceptors (Lipinski definition) is 4. The van der Waals surface area contributed by atoms with E-state index in [2.05, 4.69) is 31.4 Å². The zero-order valence-electron chi connectivity index (χ0n) is 20.0. The summed E-state index contributed by atoms with van der Waals surface area (Å²) in [7, 11) is 0. The number of nitrogens with zero attached hydrogens (tertiary/aromatic N) is 1. The normalized spacial score (nSPS) is 18.4. The molecule has 0 saturated heterocycles. The molecule has 3 aromatic rings. The topological polar surface area (TPSA) is 70.6 Å². The molecule has 0 unspecified atom stereocenters. The molecule has 0 spiro atoms. The van der Waals surface area contributed by atoms with Crippen molar-refractivity contribution >= 4 is 45.2 Å². The Hall–Kier alpha value is -3.25. The Bertz CT molecular complexity index is 1320. The Morgan fingerprint density at radius 3 is 2.65 bits per heavy atom. The number of benzene rings is 2. The van der Waals surface area contributed by atoms with Gasteiger partial charge in [-0.3, -0.25) is 9.59 Å². The van der Waals surface area contributed by atoms with Crippen LogP contribution in [0.15, 0.2) is 53.5 Å². The minimum Gasteiger partial charge on any atom is -0.322 e. The number of carbonyl (C=O) groups excluding carboxylic acids is 2. The number of rotatable bonds is 3. The van der Waals surface area contributed by atoms with Crippen LogP contribution in [0.1, 0.15) is 59.1 Å². The van der Waals surface area contributed by atoms with Crippen molar-refractivity contribution in [3.63, 3.8) is 0 Å². The van der Waals surface area contributed by atoms with Gasteiger partial charge in [-0.15, -0.1) is 11.3 Å². The molecule has 0 bridgehead atoms. The van der Waals surface area contributed by atoms with Crippen LogP contribution in [0.25, 0.3) is 0 Å². The number of anilines is 2. The summed E-state index contributed by atoms with van der Waals surface area (Å²) in [6.07, 6.45) is 2.82. The standard InChI is InChI=1S/C28H29N3O2S/c1-16-10-13-21-20(14-16)24(26(33)30-21)31-27-23(25(32)29-18-8-6-5-7-9-18)19-12-11-17(28(2,3)4)15-22(19)34-27/h5-10,13-14,17H,11-12,15H2,1-4H3,(H,29,32)(H,30,31,33)/t17-/m1/s1. The lowest BCUT2D eigenvalue weighted by molar-refractivity contribution is -0.110. The van der Waals surface area contributed by atoms with E-state index >= 15 is 0 Å². The fourth-order valence-corrected chi connectivity index (χ4v) is 6.12. The second-order valence-corrected chi connectivity index (χ2v) is 11.4. The van der Waals surface area contributed by atoms with Gasteiger partial charge in [-0.05, 0) is 67.3 Å². The van der Waals surface area contributed by atoms with Crippen molar-refractivity contribution in [2.75, 3.05) is 10.6 Å². The van der Waals surface area contributed by atoms with Crippen LogP contribution in [0, 0.1) is 18.3 Å². The van der Waals surface area contributed by atoms with E-state index in [9.17, 15) is 9.59 Å². The number of para-hydroxylation sites is 1. The summed E-state index contributed by atoms with van der Waals surface area (Å²) < 4.78 is 0. The van der Waals surface area contributed by atoms with Crippen molar-refractivity contribution in [1.82, 2.24) is 0 Å². The van der Waals surface area contributed by atoms with Gasteiger partial charge in [0.1, 0.15) is 10.7 Å². The van der Waals surface area contributed by atoms with E-state index in [0.29, 0.717) is 22.2 Å². The molecule has 2 N–H and O–H groups in total. The molecule has 2 heterocycles. The minimum absolute atomic E-state index is 0.167. The third-order valence-electron chi connectivity index (χ3n) is 6.84. The first kappa shape index (κ1) is 22.5. The maximum Gasteiger partial charge on any atom is 0.275 e. The number of carbonyl (C=O) groups is 2. The molecule has 1 aliphatic carbocycles. The Morgan fingerprint density at radius 2 is 1.91 bits per heavy atom. The monoisotopic (exact) mass is 471 g/mol.